The maximum absolute atomic E-state index is 12.6. The Morgan fingerprint density at radius 3 is 2.71 bits per heavy atom. The molecule has 0 fully saturated rings. The van der Waals surface area contributed by atoms with E-state index in [1.165, 1.54) is 0 Å². The number of nitrogens with zero attached hydrogens (tertiary/aromatic N) is 5. The minimum absolute atomic E-state index is 0.289. The van der Waals surface area contributed by atoms with Crippen LogP contribution in [-0.2, 0) is 17.6 Å². The third kappa shape index (κ3) is 3.26. The monoisotopic (exact) mass is 415 g/mol. The van der Waals surface area contributed by atoms with Gasteiger partial charge < -0.3 is 9.47 Å². The fourth-order valence-corrected chi connectivity index (χ4v) is 3.91. The van der Waals surface area contributed by atoms with Gasteiger partial charge in [-0.1, -0.05) is 35.5 Å². The van der Waals surface area contributed by atoms with E-state index in [4.69, 9.17) is 9.47 Å². The van der Waals surface area contributed by atoms with Crippen LogP contribution in [0.1, 0.15) is 40.1 Å². The van der Waals surface area contributed by atoms with Crippen molar-refractivity contribution in [3.8, 4) is 17.1 Å². The van der Waals surface area contributed by atoms with E-state index in [2.05, 4.69) is 27.4 Å². The number of fused-ring (bicyclic) bond motifs is 5. The van der Waals surface area contributed by atoms with E-state index < -0.39 is 5.97 Å². The Balaban J connectivity index is 1.70. The van der Waals surface area contributed by atoms with Crippen molar-refractivity contribution in [3.63, 3.8) is 0 Å². The Labute approximate surface area is 179 Å². The SMILES string of the molecule is CCOC(=O)c1ncn2c1Cc1c(Cc3ccccc3)nnn1-c1cc(OC)ccc1-2. The molecule has 1 aliphatic heterocycles. The molecule has 8 heteroatoms. The Kier molecular flexibility index (Phi) is 4.74. The lowest BCUT2D eigenvalue weighted by atomic mass is 10.1. The summed E-state index contributed by atoms with van der Waals surface area (Å²) in [5, 5.41) is 8.95. The molecule has 0 amide bonds. The molecule has 0 spiro atoms. The zero-order chi connectivity index (χ0) is 21.4. The first-order valence-electron chi connectivity index (χ1n) is 10.1. The highest BCUT2D eigenvalue weighted by atomic mass is 16.5. The Bertz CT molecular complexity index is 1260. The lowest BCUT2D eigenvalue weighted by Crippen LogP contribution is -2.11. The van der Waals surface area contributed by atoms with Gasteiger partial charge >= 0.3 is 5.97 Å². The number of aromatic nitrogens is 5. The van der Waals surface area contributed by atoms with Gasteiger partial charge in [0, 0.05) is 18.9 Å². The van der Waals surface area contributed by atoms with Gasteiger partial charge in [0.15, 0.2) is 5.69 Å². The van der Waals surface area contributed by atoms with Gasteiger partial charge in [-0.25, -0.2) is 14.5 Å². The summed E-state index contributed by atoms with van der Waals surface area (Å²) in [4.78, 5) is 17.0. The fraction of sp³-hybridized carbons (Fsp3) is 0.217. The molecule has 31 heavy (non-hydrogen) atoms. The van der Waals surface area contributed by atoms with Crippen LogP contribution < -0.4 is 4.74 Å². The summed E-state index contributed by atoms with van der Waals surface area (Å²) in [6.45, 7) is 2.07. The van der Waals surface area contributed by atoms with Crippen LogP contribution in [-0.4, -0.2) is 44.2 Å². The number of benzene rings is 2. The van der Waals surface area contributed by atoms with Crippen LogP contribution in [0.4, 0.5) is 0 Å². The first-order valence-corrected chi connectivity index (χ1v) is 10.1. The number of carbonyl (C=O) groups excluding carboxylic acids is 1. The highest BCUT2D eigenvalue weighted by Gasteiger charge is 2.29. The van der Waals surface area contributed by atoms with Crippen molar-refractivity contribution in [2.45, 2.75) is 19.8 Å². The van der Waals surface area contributed by atoms with E-state index in [0.717, 1.165) is 34.0 Å². The van der Waals surface area contributed by atoms with E-state index in [-0.39, 0.29) is 6.61 Å². The molecule has 1 aliphatic rings. The lowest BCUT2D eigenvalue weighted by molar-refractivity contribution is 0.0519. The van der Waals surface area contributed by atoms with Gasteiger partial charge in [-0.15, -0.1) is 5.10 Å². The summed E-state index contributed by atoms with van der Waals surface area (Å²) in [7, 11) is 1.63. The van der Waals surface area contributed by atoms with Crippen LogP contribution in [0.15, 0.2) is 54.9 Å². The summed E-state index contributed by atoms with van der Waals surface area (Å²) in [5.74, 6) is 0.274. The van der Waals surface area contributed by atoms with Gasteiger partial charge in [0.25, 0.3) is 0 Å². The molecule has 0 unspecified atom stereocenters. The van der Waals surface area contributed by atoms with Crippen molar-refractivity contribution in [3.05, 3.63) is 83.2 Å². The molecule has 2 aromatic heterocycles. The molecule has 0 bridgehead atoms. The predicted molar refractivity (Wildman–Crippen MR) is 113 cm³/mol. The third-order valence-electron chi connectivity index (χ3n) is 5.40. The number of hydrogen-bond donors (Lipinski definition) is 0. The molecule has 0 saturated heterocycles. The summed E-state index contributed by atoms with van der Waals surface area (Å²) < 4.78 is 14.4. The quantitative estimate of drug-likeness (QED) is 0.410. The van der Waals surface area contributed by atoms with Crippen molar-refractivity contribution in [1.82, 2.24) is 24.5 Å². The Morgan fingerprint density at radius 2 is 1.94 bits per heavy atom. The molecule has 3 heterocycles. The van der Waals surface area contributed by atoms with Crippen molar-refractivity contribution in [2.24, 2.45) is 0 Å². The highest BCUT2D eigenvalue weighted by molar-refractivity contribution is 5.89. The zero-order valence-corrected chi connectivity index (χ0v) is 17.3. The molecule has 0 N–H and O–H groups in total. The maximum Gasteiger partial charge on any atom is 0.358 e. The first kappa shape index (κ1) is 19.0. The van der Waals surface area contributed by atoms with Gasteiger partial charge in [-0.05, 0) is 24.6 Å². The third-order valence-corrected chi connectivity index (χ3v) is 5.40. The van der Waals surface area contributed by atoms with Gasteiger partial charge in [0.05, 0.1) is 42.2 Å². The smallest absolute Gasteiger partial charge is 0.358 e. The molecule has 2 aromatic carbocycles. The molecular weight excluding hydrogens is 394 g/mol. The topological polar surface area (TPSA) is 84.1 Å². The van der Waals surface area contributed by atoms with Crippen LogP contribution in [0.5, 0.6) is 5.75 Å². The summed E-state index contributed by atoms with van der Waals surface area (Å²) >= 11 is 0. The van der Waals surface area contributed by atoms with E-state index in [1.807, 2.05) is 45.6 Å². The van der Waals surface area contributed by atoms with E-state index in [1.54, 1.807) is 20.4 Å². The van der Waals surface area contributed by atoms with Crippen molar-refractivity contribution < 1.29 is 14.3 Å². The number of hydrogen-bond acceptors (Lipinski definition) is 6. The van der Waals surface area contributed by atoms with Crippen LogP contribution >= 0.6 is 0 Å². The molecule has 8 nitrogen and oxygen atoms in total. The van der Waals surface area contributed by atoms with E-state index in [9.17, 15) is 4.79 Å². The molecule has 5 rings (SSSR count). The van der Waals surface area contributed by atoms with Gasteiger partial charge in [0.2, 0.25) is 0 Å². The Morgan fingerprint density at radius 1 is 1.10 bits per heavy atom. The number of imidazole rings is 1. The Hall–Kier alpha value is -3.94. The highest BCUT2D eigenvalue weighted by Crippen LogP contribution is 2.33. The van der Waals surface area contributed by atoms with Crippen LogP contribution in [0.3, 0.4) is 0 Å². The van der Waals surface area contributed by atoms with Crippen molar-refractivity contribution in [1.29, 1.82) is 0 Å². The lowest BCUT2D eigenvalue weighted by Gasteiger charge is -2.11. The summed E-state index contributed by atoms with van der Waals surface area (Å²) in [6, 6.07) is 15.8. The average Bonchev–Trinajstić information content (AvgIpc) is 3.36. The number of methoxy groups -OCH3 is 1. The molecule has 4 aromatic rings. The predicted octanol–water partition coefficient (Wildman–Crippen LogP) is 3.13. The van der Waals surface area contributed by atoms with Crippen LogP contribution in [0.2, 0.25) is 0 Å². The van der Waals surface area contributed by atoms with Crippen molar-refractivity contribution in [2.75, 3.05) is 13.7 Å². The largest absolute Gasteiger partial charge is 0.497 e. The van der Waals surface area contributed by atoms with Crippen LogP contribution in [0, 0.1) is 0 Å². The van der Waals surface area contributed by atoms with Crippen molar-refractivity contribution >= 4 is 5.97 Å². The van der Waals surface area contributed by atoms with Gasteiger partial charge in [-0.3, -0.25) is 4.57 Å². The molecular formula is C23H21N5O3. The second-order valence-corrected chi connectivity index (χ2v) is 7.22. The molecule has 0 radical (unpaired) electrons. The number of ether oxygens (including phenoxy) is 2. The van der Waals surface area contributed by atoms with E-state index in [0.29, 0.717) is 24.3 Å². The summed E-state index contributed by atoms with van der Waals surface area (Å²) in [6.07, 6.45) is 2.74. The zero-order valence-electron chi connectivity index (χ0n) is 17.3. The first-order chi connectivity index (χ1) is 15.2. The number of rotatable bonds is 5. The van der Waals surface area contributed by atoms with Gasteiger partial charge in [-0.2, -0.15) is 0 Å². The van der Waals surface area contributed by atoms with E-state index >= 15 is 0 Å². The minimum atomic E-state index is -0.433. The standard InChI is InChI=1S/C23H21N5O3/c1-3-31-23(29)22-21-13-19-17(11-15-7-5-4-6-8-15)25-26-28(19)20-12-16(30-2)9-10-18(20)27(21)14-24-22/h4-10,12,14H,3,11,13H2,1-2H3. The number of carbonyl (C=O) groups is 1. The average molecular weight is 415 g/mol. The minimum Gasteiger partial charge on any atom is -0.497 e. The summed E-state index contributed by atoms with van der Waals surface area (Å²) in [5.41, 5.74) is 5.61. The molecule has 156 valence electrons. The number of esters is 1. The maximum atomic E-state index is 12.6. The second kappa shape index (κ2) is 7.71. The molecule has 0 atom stereocenters. The fourth-order valence-electron chi connectivity index (χ4n) is 3.91. The van der Waals surface area contributed by atoms with Crippen LogP contribution in [0.25, 0.3) is 11.4 Å². The normalized spacial score (nSPS) is 11.8. The molecule has 0 aliphatic carbocycles. The molecule has 0 saturated carbocycles. The second-order valence-electron chi connectivity index (χ2n) is 7.22. The van der Waals surface area contributed by atoms with Gasteiger partial charge in [0.1, 0.15) is 12.1 Å².